The predicted molar refractivity (Wildman–Crippen MR) is 111 cm³/mol. The van der Waals surface area contributed by atoms with Gasteiger partial charge < -0.3 is 25.6 Å². The summed E-state index contributed by atoms with van der Waals surface area (Å²) < 4.78 is 5.41. The maximum atomic E-state index is 12.6. The van der Waals surface area contributed by atoms with E-state index >= 15 is 0 Å². The number of carbonyl (C=O) groups excluding carboxylic acids is 3. The molecule has 0 spiro atoms. The highest BCUT2D eigenvalue weighted by atomic mass is 16.6. The molecule has 8 heteroatoms. The first-order chi connectivity index (χ1) is 13.7. The van der Waals surface area contributed by atoms with E-state index in [0.717, 1.165) is 25.7 Å². The van der Waals surface area contributed by atoms with Crippen LogP contribution in [0.1, 0.15) is 46.5 Å². The first-order valence-electron chi connectivity index (χ1n) is 10.2. The maximum absolute atomic E-state index is 12.6. The normalized spacial score (nSPS) is 19.3. The molecule has 0 bridgehead atoms. The molecule has 0 aromatic heterocycles. The summed E-state index contributed by atoms with van der Waals surface area (Å²) in [5.41, 5.74) is 0.755. The molecular weight excluding hydrogens is 372 g/mol. The lowest BCUT2D eigenvalue weighted by atomic mass is 9.97. The molecule has 8 nitrogen and oxygen atoms in total. The molecule has 1 aromatic carbocycles. The van der Waals surface area contributed by atoms with Crippen molar-refractivity contribution in [1.82, 2.24) is 10.2 Å². The molecule has 3 N–H and O–H groups in total. The van der Waals surface area contributed by atoms with Gasteiger partial charge in [0, 0.05) is 30.5 Å². The van der Waals surface area contributed by atoms with Crippen LogP contribution in [0.25, 0.3) is 0 Å². The minimum Gasteiger partial charge on any atom is -0.444 e. The van der Waals surface area contributed by atoms with E-state index in [1.165, 1.54) is 0 Å². The molecule has 29 heavy (non-hydrogen) atoms. The number of piperidine rings is 1. The van der Waals surface area contributed by atoms with Crippen LogP contribution in [0, 0.1) is 5.92 Å². The second-order valence-electron chi connectivity index (χ2n) is 8.70. The number of rotatable bonds is 4. The van der Waals surface area contributed by atoms with E-state index in [0.29, 0.717) is 30.5 Å². The van der Waals surface area contributed by atoms with E-state index < -0.39 is 5.60 Å². The molecule has 1 aromatic rings. The molecule has 1 saturated carbocycles. The Hall–Kier alpha value is -2.77. The number of likely N-dealkylation sites (tertiary alicyclic amines) is 1. The SMILES string of the molecule is CC(C)(C)OC(=O)N1CCCC(C(=O)Nc2ccc(NC(=O)NC3CC3)cc2)C1. The first-order valence-corrected chi connectivity index (χ1v) is 10.2. The van der Waals surface area contributed by atoms with Crippen LogP contribution < -0.4 is 16.0 Å². The van der Waals surface area contributed by atoms with E-state index in [2.05, 4.69) is 16.0 Å². The Labute approximate surface area is 171 Å². The van der Waals surface area contributed by atoms with Gasteiger partial charge >= 0.3 is 12.1 Å². The van der Waals surface area contributed by atoms with Crippen LogP contribution in [0.3, 0.4) is 0 Å². The second-order valence-corrected chi connectivity index (χ2v) is 8.70. The minimum atomic E-state index is -0.558. The molecule has 1 atom stereocenters. The number of nitrogens with one attached hydrogen (secondary N) is 3. The molecule has 4 amide bonds. The summed E-state index contributed by atoms with van der Waals surface area (Å²) in [6.45, 7) is 6.43. The Bertz CT molecular complexity index is 753. The number of carbonyl (C=O) groups is 3. The zero-order chi connectivity index (χ0) is 21.0. The number of amides is 4. The summed E-state index contributed by atoms with van der Waals surface area (Å²) in [6.07, 6.45) is 3.17. The average molecular weight is 402 g/mol. The highest BCUT2D eigenvalue weighted by Gasteiger charge is 2.31. The van der Waals surface area contributed by atoms with Crippen LogP contribution in [0.2, 0.25) is 0 Å². The number of urea groups is 1. The molecular formula is C21H30N4O4. The van der Waals surface area contributed by atoms with Crippen molar-refractivity contribution < 1.29 is 19.1 Å². The quantitative estimate of drug-likeness (QED) is 0.717. The van der Waals surface area contributed by atoms with Crippen LogP contribution in [0.15, 0.2) is 24.3 Å². The Kier molecular flexibility index (Phi) is 6.30. The van der Waals surface area contributed by atoms with Crippen molar-refractivity contribution in [3.05, 3.63) is 24.3 Å². The van der Waals surface area contributed by atoms with Crippen LogP contribution in [0.5, 0.6) is 0 Å². The third kappa shape index (κ3) is 6.66. The third-order valence-electron chi connectivity index (χ3n) is 4.77. The van der Waals surface area contributed by atoms with Crippen molar-refractivity contribution in [2.75, 3.05) is 23.7 Å². The van der Waals surface area contributed by atoms with Crippen molar-refractivity contribution in [2.45, 2.75) is 58.1 Å². The Morgan fingerprint density at radius 1 is 1.00 bits per heavy atom. The van der Waals surface area contributed by atoms with Crippen molar-refractivity contribution in [2.24, 2.45) is 5.92 Å². The van der Waals surface area contributed by atoms with E-state index in [1.54, 1.807) is 29.2 Å². The van der Waals surface area contributed by atoms with E-state index in [9.17, 15) is 14.4 Å². The lowest BCUT2D eigenvalue weighted by molar-refractivity contribution is -0.121. The van der Waals surface area contributed by atoms with Gasteiger partial charge in [-0.15, -0.1) is 0 Å². The number of hydrogen-bond donors (Lipinski definition) is 3. The van der Waals surface area contributed by atoms with Crippen LogP contribution in [0.4, 0.5) is 21.0 Å². The van der Waals surface area contributed by atoms with Gasteiger partial charge in [-0.1, -0.05) is 0 Å². The van der Waals surface area contributed by atoms with Gasteiger partial charge in [0.05, 0.1) is 5.92 Å². The fourth-order valence-corrected chi connectivity index (χ4v) is 3.14. The van der Waals surface area contributed by atoms with Crippen LogP contribution >= 0.6 is 0 Å². The summed E-state index contributed by atoms with van der Waals surface area (Å²) in [4.78, 5) is 38.3. The van der Waals surface area contributed by atoms with Gasteiger partial charge in [-0.3, -0.25) is 4.79 Å². The van der Waals surface area contributed by atoms with Gasteiger partial charge in [-0.05, 0) is 70.7 Å². The summed E-state index contributed by atoms with van der Waals surface area (Å²) in [7, 11) is 0. The lowest BCUT2D eigenvalue weighted by Gasteiger charge is -2.33. The molecule has 2 fully saturated rings. The Morgan fingerprint density at radius 2 is 1.62 bits per heavy atom. The van der Waals surface area contributed by atoms with Crippen LogP contribution in [-0.4, -0.2) is 47.7 Å². The Morgan fingerprint density at radius 3 is 2.21 bits per heavy atom. The number of hydrogen-bond acceptors (Lipinski definition) is 4. The number of anilines is 2. The second kappa shape index (κ2) is 8.71. The molecule has 1 heterocycles. The Balaban J connectivity index is 1.49. The van der Waals surface area contributed by atoms with Gasteiger partial charge in [-0.2, -0.15) is 0 Å². The summed E-state index contributed by atoms with van der Waals surface area (Å²) in [6, 6.07) is 7.07. The van der Waals surface area contributed by atoms with Crippen molar-refractivity contribution in [3.8, 4) is 0 Å². The maximum Gasteiger partial charge on any atom is 0.410 e. The van der Waals surface area contributed by atoms with Gasteiger partial charge in [0.15, 0.2) is 0 Å². The zero-order valence-electron chi connectivity index (χ0n) is 17.3. The largest absolute Gasteiger partial charge is 0.444 e. The molecule has 1 saturated heterocycles. The summed E-state index contributed by atoms with van der Waals surface area (Å²) in [5, 5.41) is 8.53. The van der Waals surface area contributed by atoms with Crippen molar-refractivity contribution >= 4 is 29.4 Å². The first kappa shape index (κ1) is 21.0. The molecule has 1 aliphatic carbocycles. The molecule has 1 aliphatic heterocycles. The van der Waals surface area contributed by atoms with E-state index in [1.807, 2.05) is 20.8 Å². The highest BCUT2D eigenvalue weighted by Crippen LogP contribution is 2.22. The molecule has 158 valence electrons. The monoisotopic (exact) mass is 402 g/mol. The van der Waals surface area contributed by atoms with E-state index in [-0.39, 0.29) is 23.9 Å². The average Bonchev–Trinajstić information content (AvgIpc) is 3.46. The van der Waals surface area contributed by atoms with Crippen LogP contribution in [-0.2, 0) is 9.53 Å². The lowest BCUT2D eigenvalue weighted by Crippen LogP contribution is -2.45. The molecule has 3 rings (SSSR count). The summed E-state index contributed by atoms with van der Waals surface area (Å²) >= 11 is 0. The smallest absolute Gasteiger partial charge is 0.410 e. The van der Waals surface area contributed by atoms with Gasteiger partial charge in [-0.25, -0.2) is 9.59 Å². The number of ether oxygens (including phenoxy) is 1. The number of benzene rings is 1. The third-order valence-corrected chi connectivity index (χ3v) is 4.77. The fourth-order valence-electron chi connectivity index (χ4n) is 3.14. The van der Waals surface area contributed by atoms with E-state index in [4.69, 9.17) is 4.74 Å². The standard InChI is InChI=1S/C21H30N4O4/c1-21(2,3)29-20(28)25-12-4-5-14(13-25)18(26)22-15-6-8-16(9-7-15)23-19(27)24-17-10-11-17/h6-9,14,17H,4-5,10-13H2,1-3H3,(H,22,26)(H2,23,24,27). The predicted octanol–water partition coefficient (Wildman–Crippen LogP) is 3.56. The van der Waals surface area contributed by atoms with Crippen molar-refractivity contribution in [1.29, 1.82) is 0 Å². The van der Waals surface area contributed by atoms with Gasteiger partial charge in [0.1, 0.15) is 5.60 Å². The molecule has 0 radical (unpaired) electrons. The molecule has 2 aliphatic rings. The fraction of sp³-hybridized carbons (Fsp3) is 0.571. The highest BCUT2D eigenvalue weighted by molar-refractivity contribution is 5.94. The number of nitrogens with zero attached hydrogens (tertiary/aromatic N) is 1. The summed E-state index contributed by atoms with van der Waals surface area (Å²) in [5.74, 6) is -0.399. The van der Waals surface area contributed by atoms with Gasteiger partial charge in [0.25, 0.3) is 0 Å². The topological polar surface area (TPSA) is 99.8 Å². The molecule has 1 unspecified atom stereocenters. The van der Waals surface area contributed by atoms with Gasteiger partial charge in [0.2, 0.25) is 5.91 Å². The zero-order valence-corrected chi connectivity index (χ0v) is 17.3. The van der Waals surface area contributed by atoms with Crippen molar-refractivity contribution in [3.63, 3.8) is 0 Å². The minimum absolute atomic E-state index is 0.120.